The van der Waals surface area contributed by atoms with Crippen LogP contribution in [0.5, 0.6) is 0 Å². The number of benzene rings is 6. The number of nitrogens with one attached hydrogen (secondary N) is 2. The number of halogens is 2. The maximum absolute atomic E-state index is 13.8. The SMILES string of the molecule is CS(=O)(=O)NC(=O)c1cccc(N2C(=O)[C@@]3(C[C@H]3c3ccc(Cl)cc3)c3ccccc32)c1.CS(=O)(=O)NC(=O)c1cccc(N2C(=O)[C@]3(C[C@@H]3c3ccc(Cl)cc3)c3ccccc32)c1. The van der Waals surface area contributed by atoms with Crippen molar-refractivity contribution in [2.24, 2.45) is 0 Å². The molecule has 64 heavy (non-hydrogen) atoms. The molecule has 4 aliphatic rings. The summed E-state index contributed by atoms with van der Waals surface area (Å²) < 4.78 is 49.7. The van der Waals surface area contributed by atoms with E-state index in [0.717, 1.165) is 46.1 Å². The van der Waals surface area contributed by atoms with Crippen LogP contribution in [0.25, 0.3) is 0 Å². The second-order valence-corrected chi connectivity index (χ2v) is 20.8. The minimum Gasteiger partial charge on any atom is -0.280 e. The van der Waals surface area contributed by atoms with E-state index >= 15 is 0 Å². The van der Waals surface area contributed by atoms with Gasteiger partial charge in [0.25, 0.3) is 11.8 Å². The van der Waals surface area contributed by atoms with Gasteiger partial charge in [-0.2, -0.15) is 0 Å². The van der Waals surface area contributed by atoms with E-state index in [2.05, 4.69) is 0 Å². The lowest BCUT2D eigenvalue weighted by Gasteiger charge is -2.19. The third-order valence-corrected chi connectivity index (χ3v) is 13.8. The third-order valence-electron chi connectivity index (χ3n) is 12.2. The smallest absolute Gasteiger partial charge is 0.264 e. The van der Waals surface area contributed by atoms with Crippen molar-refractivity contribution in [1.82, 2.24) is 9.44 Å². The quantitative estimate of drug-likeness (QED) is 0.154. The molecule has 10 rings (SSSR count). The topological polar surface area (TPSA) is 167 Å². The van der Waals surface area contributed by atoms with Crippen molar-refractivity contribution in [3.63, 3.8) is 0 Å². The molecule has 0 unspecified atom stereocenters. The highest BCUT2D eigenvalue weighted by Crippen LogP contribution is 2.68. The van der Waals surface area contributed by atoms with Gasteiger partial charge in [0, 0.05) is 44.4 Å². The van der Waals surface area contributed by atoms with Crippen LogP contribution >= 0.6 is 23.2 Å². The van der Waals surface area contributed by atoms with E-state index in [-0.39, 0.29) is 34.8 Å². The zero-order valence-corrected chi connectivity index (χ0v) is 37.3. The second kappa shape index (κ2) is 15.7. The van der Waals surface area contributed by atoms with Gasteiger partial charge in [-0.1, -0.05) is 96.0 Å². The first-order chi connectivity index (χ1) is 30.4. The van der Waals surface area contributed by atoms with Gasteiger partial charge in [-0.05, 0) is 108 Å². The molecule has 0 aromatic heterocycles. The molecule has 2 aliphatic carbocycles. The fourth-order valence-electron chi connectivity index (χ4n) is 9.27. The summed E-state index contributed by atoms with van der Waals surface area (Å²) in [7, 11) is -7.40. The molecule has 2 N–H and O–H groups in total. The van der Waals surface area contributed by atoms with Crippen LogP contribution in [0.1, 0.15) is 67.6 Å². The number of hydrogen-bond acceptors (Lipinski definition) is 8. The molecule has 2 aliphatic heterocycles. The largest absolute Gasteiger partial charge is 0.280 e. The van der Waals surface area contributed by atoms with Gasteiger partial charge in [-0.25, -0.2) is 26.3 Å². The fourth-order valence-corrected chi connectivity index (χ4v) is 10.4. The van der Waals surface area contributed by atoms with Crippen molar-refractivity contribution in [2.75, 3.05) is 22.3 Å². The van der Waals surface area contributed by atoms with Gasteiger partial charge in [-0.15, -0.1) is 0 Å². The lowest BCUT2D eigenvalue weighted by Crippen LogP contribution is -2.31. The van der Waals surface area contributed by atoms with E-state index < -0.39 is 42.7 Å². The van der Waals surface area contributed by atoms with Crippen LogP contribution in [0.3, 0.4) is 0 Å². The predicted octanol–water partition coefficient (Wildman–Crippen LogP) is 8.27. The average molecular weight is 934 g/mol. The van der Waals surface area contributed by atoms with Crippen molar-refractivity contribution in [2.45, 2.75) is 35.5 Å². The molecule has 4 amide bonds. The molecule has 6 aromatic rings. The van der Waals surface area contributed by atoms with Gasteiger partial charge >= 0.3 is 0 Å². The number of sulfonamides is 2. The van der Waals surface area contributed by atoms with E-state index in [4.69, 9.17) is 23.2 Å². The zero-order chi connectivity index (χ0) is 45.3. The fraction of sp³-hybridized carbons (Fsp3) is 0.167. The Morgan fingerprint density at radius 3 is 1.25 bits per heavy atom. The number of para-hydroxylation sites is 2. The molecule has 0 radical (unpaired) electrons. The Morgan fingerprint density at radius 2 is 0.891 bits per heavy atom. The van der Waals surface area contributed by atoms with Gasteiger partial charge in [0.1, 0.15) is 0 Å². The molecule has 12 nitrogen and oxygen atoms in total. The number of carbonyl (C=O) groups excluding carboxylic acids is 4. The Bertz CT molecular complexity index is 2950. The van der Waals surface area contributed by atoms with Gasteiger partial charge in [-0.3, -0.25) is 29.0 Å². The normalized spacial score (nSPS) is 21.5. The van der Waals surface area contributed by atoms with Crippen molar-refractivity contribution in [3.05, 3.63) is 189 Å². The van der Waals surface area contributed by atoms with Gasteiger partial charge in [0.05, 0.1) is 34.7 Å². The minimum absolute atomic E-state index is 0.0372. The molecule has 2 fully saturated rings. The van der Waals surface area contributed by atoms with Crippen molar-refractivity contribution >= 4 is 89.6 Å². The first-order valence-electron chi connectivity index (χ1n) is 20.0. The lowest BCUT2D eigenvalue weighted by molar-refractivity contribution is -0.120. The number of fused-ring (bicyclic) bond motifs is 4. The number of hydrogen-bond donors (Lipinski definition) is 2. The van der Waals surface area contributed by atoms with Gasteiger partial charge < -0.3 is 0 Å². The number of nitrogens with zero attached hydrogens (tertiary/aromatic N) is 2. The Labute approximate surface area is 379 Å². The summed E-state index contributed by atoms with van der Waals surface area (Å²) in [6.07, 6.45) is 3.22. The highest BCUT2D eigenvalue weighted by molar-refractivity contribution is 7.89. The molecule has 6 aromatic carbocycles. The van der Waals surface area contributed by atoms with Crippen molar-refractivity contribution < 1.29 is 36.0 Å². The average Bonchev–Trinajstić information content (AvgIpc) is 4.15. The summed E-state index contributed by atoms with van der Waals surface area (Å²) in [4.78, 5) is 55.6. The number of rotatable bonds is 8. The molecule has 2 spiro atoms. The maximum Gasteiger partial charge on any atom is 0.264 e. The Morgan fingerprint density at radius 1 is 0.531 bits per heavy atom. The van der Waals surface area contributed by atoms with Crippen LogP contribution in [0.4, 0.5) is 22.7 Å². The van der Waals surface area contributed by atoms with Crippen LogP contribution in [-0.2, 0) is 40.5 Å². The molecule has 4 atom stereocenters. The van der Waals surface area contributed by atoms with E-state index in [1.807, 2.05) is 107 Å². The highest BCUT2D eigenvalue weighted by atomic mass is 35.5. The van der Waals surface area contributed by atoms with Crippen LogP contribution < -0.4 is 19.2 Å². The summed E-state index contributed by atoms with van der Waals surface area (Å²) in [6, 6.07) is 43.3. The Balaban J connectivity index is 0.000000162. The van der Waals surface area contributed by atoms with E-state index in [1.165, 1.54) is 24.3 Å². The first kappa shape index (κ1) is 43.0. The molecule has 2 heterocycles. The van der Waals surface area contributed by atoms with E-state index in [0.29, 0.717) is 34.3 Å². The van der Waals surface area contributed by atoms with Gasteiger partial charge in [0.15, 0.2) is 0 Å². The van der Waals surface area contributed by atoms with Crippen LogP contribution in [0.2, 0.25) is 10.0 Å². The zero-order valence-electron chi connectivity index (χ0n) is 34.2. The molecular formula is C48H38Cl2N4O8S2. The minimum atomic E-state index is -3.70. The summed E-state index contributed by atoms with van der Waals surface area (Å²) >= 11 is 12.1. The number of anilines is 4. The third kappa shape index (κ3) is 7.63. The summed E-state index contributed by atoms with van der Waals surface area (Å²) in [5.41, 5.74) is 5.60. The predicted molar refractivity (Wildman–Crippen MR) is 246 cm³/mol. The standard InChI is InChI=1S/2C24H19ClN2O4S/c2*1-32(30,31)26-22(28)16-5-4-6-18(13-16)27-21-8-3-2-7-19(21)24(23(27)29)14-20(24)15-9-11-17(25)12-10-15/h2*2-13,20H,14H2,1H3,(H,26,28)/t2*20-,24-/m10/s1. The Hall–Kier alpha value is -6.32. The lowest BCUT2D eigenvalue weighted by atomic mass is 9.92. The first-order valence-corrected chi connectivity index (χ1v) is 24.6. The van der Waals surface area contributed by atoms with Crippen LogP contribution in [0.15, 0.2) is 146 Å². The van der Waals surface area contributed by atoms with Crippen LogP contribution in [0, 0.1) is 0 Å². The van der Waals surface area contributed by atoms with Gasteiger partial charge in [0.2, 0.25) is 31.9 Å². The Kier molecular flexibility index (Phi) is 10.6. The number of carbonyl (C=O) groups is 4. The monoisotopic (exact) mass is 932 g/mol. The number of amides is 4. The summed E-state index contributed by atoms with van der Waals surface area (Å²) in [6.45, 7) is 0. The molecule has 2 saturated carbocycles. The molecule has 0 saturated heterocycles. The van der Waals surface area contributed by atoms with Crippen LogP contribution in [-0.4, -0.2) is 53.0 Å². The van der Waals surface area contributed by atoms with Crippen molar-refractivity contribution in [1.29, 1.82) is 0 Å². The summed E-state index contributed by atoms with van der Waals surface area (Å²) in [5, 5.41) is 1.29. The summed E-state index contributed by atoms with van der Waals surface area (Å²) in [5.74, 6) is -1.52. The van der Waals surface area contributed by atoms with E-state index in [1.54, 1.807) is 34.1 Å². The molecule has 324 valence electrons. The second-order valence-electron chi connectivity index (χ2n) is 16.4. The molecular weight excluding hydrogens is 896 g/mol. The van der Waals surface area contributed by atoms with Crippen molar-refractivity contribution in [3.8, 4) is 0 Å². The highest BCUT2D eigenvalue weighted by Gasteiger charge is 2.68. The van der Waals surface area contributed by atoms with E-state index in [9.17, 15) is 36.0 Å². The maximum atomic E-state index is 13.8. The molecule has 0 bridgehead atoms. The molecule has 16 heteroatoms.